The predicted molar refractivity (Wildman–Crippen MR) is 49.4 cm³/mol. The molecule has 0 spiro atoms. The number of esters is 1. The quantitative estimate of drug-likeness (QED) is 0.464. The lowest BCUT2D eigenvalue weighted by Gasteiger charge is -2.14. The predicted octanol–water partition coefficient (Wildman–Crippen LogP) is 2.57. The average molecular weight is 238 g/mol. The van der Waals surface area contributed by atoms with Gasteiger partial charge in [0.2, 0.25) is 0 Å². The van der Waals surface area contributed by atoms with E-state index in [2.05, 4.69) is 17.4 Å². The van der Waals surface area contributed by atoms with E-state index < -0.39 is 15.2 Å². The van der Waals surface area contributed by atoms with Gasteiger partial charge < -0.3 is 4.74 Å². The van der Waals surface area contributed by atoms with E-state index in [9.17, 15) is 4.79 Å². The van der Waals surface area contributed by atoms with E-state index in [4.69, 9.17) is 34.8 Å². The Labute approximate surface area is 85.5 Å². The van der Waals surface area contributed by atoms with Gasteiger partial charge in [-0.1, -0.05) is 41.7 Å². The Kier molecular flexibility index (Phi) is 4.94. The summed E-state index contributed by atoms with van der Waals surface area (Å²) in [6.07, 6.45) is 0.491. The molecular weight excluding hydrogens is 230 g/mol. The van der Waals surface area contributed by atoms with Crippen LogP contribution in [-0.2, 0) is 9.53 Å². The Morgan fingerprint density at radius 3 is 2.45 bits per heavy atom. The molecule has 0 rings (SSSR count). The van der Waals surface area contributed by atoms with Crippen LogP contribution in [0.2, 0.25) is 0 Å². The van der Waals surface area contributed by atoms with Crippen LogP contribution in [0.1, 0.15) is 13.3 Å². The van der Waals surface area contributed by atoms with Crippen molar-refractivity contribution < 1.29 is 9.53 Å². The van der Waals surface area contributed by atoms with Crippen molar-refractivity contribution in [1.29, 1.82) is 0 Å². The van der Waals surface area contributed by atoms with Crippen LogP contribution >= 0.6 is 47.4 Å². The highest BCUT2D eigenvalue weighted by atomic mass is 35.5. The first-order chi connectivity index (χ1) is 4.88. The largest absolute Gasteiger partial charge is 0.443 e. The molecule has 0 heterocycles. The summed E-state index contributed by atoms with van der Waals surface area (Å²) in [6.45, 7) is 1.76. The molecule has 0 N–H and O–H groups in total. The number of carbonyl (C=O) groups excluding carboxylic acids is 1. The van der Waals surface area contributed by atoms with E-state index in [1.165, 1.54) is 0 Å². The van der Waals surface area contributed by atoms with Crippen LogP contribution in [0.4, 0.5) is 0 Å². The van der Waals surface area contributed by atoms with Crippen LogP contribution in [-0.4, -0.2) is 15.2 Å². The van der Waals surface area contributed by atoms with Gasteiger partial charge in [-0.15, -0.1) is 12.6 Å². The SMILES string of the molecule is CCC(Cl)OC(=O)C(S)(Cl)Cl. The van der Waals surface area contributed by atoms with Crippen LogP contribution in [0.15, 0.2) is 0 Å². The molecule has 0 aromatic carbocycles. The van der Waals surface area contributed by atoms with Gasteiger partial charge in [0.05, 0.1) is 0 Å². The van der Waals surface area contributed by atoms with Crippen molar-refractivity contribution in [2.45, 2.75) is 22.6 Å². The van der Waals surface area contributed by atoms with Crippen molar-refractivity contribution in [3.05, 3.63) is 0 Å². The minimum absolute atomic E-state index is 0.491. The summed E-state index contributed by atoms with van der Waals surface area (Å²) in [7, 11) is 0. The summed E-state index contributed by atoms with van der Waals surface area (Å²) >= 11 is 19.6. The van der Waals surface area contributed by atoms with E-state index in [0.29, 0.717) is 6.42 Å². The zero-order valence-electron chi connectivity index (χ0n) is 5.68. The first kappa shape index (κ1) is 11.7. The number of halogens is 3. The fourth-order valence-electron chi connectivity index (χ4n) is 0.270. The number of thiol groups is 1. The van der Waals surface area contributed by atoms with Crippen LogP contribution in [0, 0.1) is 0 Å². The normalized spacial score (nSPS) is 14.3. The minimum atomic E-state index is -1.82. The van der Waals surface area contributed by atoms with Gasteiger partial charge in [-0.2, -0.15) is 0 Å². The van der Waals surface area contributed by atoms with Crippen molar-refractivity contribution in [2.24, 2.45) is 0 Å². The van der Waals surface area contributed by atoms with E-state index in [1.54, 1.807) is 6.92 Å². The van der Waals surface area contributed by atoms with Crippen LogP contribution in [0.3, 0.4) is 0 Å². The van der Waals surface area contributed by atoms with Crippen LogP contribution in [0.5, 0.6) is 0 Å². The zero-order chi connectivity index (χ0) is 9.07. The van der Waals surface area contributed by atoms with Crippen LogP contribution in [0.25, 0.3) is 0 Å². The highest BCUT2D eigenvalue weighted by Crippen LogP contribution is 2.27. The summed E-state index contributed by atoms with van der Waals surface area (Å²) in [6, 6.07) is 0. The molecule has 1 unspecified atom stereocenters. The number of rotatable bonds is 3. The first-order valence-electron chi connectivity index (χ1n) is 2.83. The highest BCUT2D eigenvalue weighted by molar-refractivity contribution is 7.86. The second kappa shape index (κ2) is 4.65. The second-order valence-electron chi connectivity index (χ2n) is 1.76. The number of carbonyl (C=O) groups is 1. The van der Waals surface area contributed by atoms with Gasteiger partial charge in [-0.25, -0.2) is 4.79 Å². The molecule has 0 aromatic heterocycles. The lowest BCUT2D eigenvalue weighted by atomic mass is 10.5. The summed E-state index contributed by atoms with van der Waals surface area (Å²) in [4.78, 5) is 10.8. The van der Waals surface area contributed by atoms with E-state index in [-0.39, 0.29) is 0 Å². The lowest BCUT2D eigenvalue weighted by Crippen LogP contribution is -2.25. The molecule has 0 aromatic rings. The molecule has 1 atom stereocenters. The molecule has 0 aliphatic carbocycles. The number of ether oxygens (including phenoxy) is 1. The van der Waals surface area contributed by atoms with Crippen LogP contribution < -0.4 is 0 Å². The van der Waals surface area contributed by atoms with Crippen molar-refractivity contribution >= 4 is 53.4 Å². The maximum absolute atomic E-state index is 10.8. The molecule has 0 fully saturated rings. The average Bonchev–Trinajstić information content (AvgIpc) is 1.85. The molecule has 0 saturated heterocycles. The van der Waals surface area contributed by atoms with Crippen molar-refractivity contribution in [2.75, 3.05) is 0 Å². The Hall–Kier alpha value is 0.690. The minimum Gasteiger partial charge on any atom is -0.443 e. The topological polar surface area (TPSA) is 26.3 Å². The molecule has 0 aliphatic rings. The smallest absolute Gasteiger partial charge is 0.354 e. The van der Waals surface area contributed by atoms with E-state index in [0.717, 1.165) is 0 Å². The molecule has 66 valence electrons. The molecule has 0 aliphatic heterocycles. The summed E-state index contributed by atoms with van der Waals surface area (Å²) in [5, 5.41) is 0. The Morgan fingerprint density at radius 2 is 2.18 bits per heavy atom. The second-order valence-corrected chi connectivity index (χ2v) is 4.78. The Bertz CT molecular complexity index is 145. The number of alkyl halides is 3. The summed E-state index contributed by atoms with van der Waals surface area (Å²) < 4.78 is 2.73. The first-order valence-corrected chi connectivity index (χ1v) is 4.47. The summed E-state index contributed by atoms with van der Waals surface area (Å²) in [5.74, 6) is -0.856. The molecule has 11 heavy (non-hydrogen) atoms. The number of hydrogen-bond acceptors (Lipinski definition) is 3. The summed E-state index contributed by atoms with van der Waals surface area (Å²) in [5.41, 5.74) is -0.702. The fourth-order valence-corrected chi connectivity index (χ4v) is 0.493. The van der Waals surface area contributed by atoms with Gasteiger partial charge in [0, 0.05) is 0 Å². The maximum Gasteiger partial charge on any atom is 0.354 e. The molecular formula is C5H7Cl3O2S. The molecule has 2 nitrogen and oxygen atoms in total. The van der Waals surface area contributed by atoms with Gasteiger partial charge in [0.1, 0.15) is 0 Å². The van der Waals surface area contributed by atoms with Crippen molar-refractivity contribution in [3.63, 3.8) is 0 Å². The number of hydrogen-bond donors (Lipinski definition) is 1. The third-order valence-electron chi connectivity index (χ3n) is 0.801. The highest BCUT2D eigenvalue weighted by Gasteiger charge is 2.32. The van der Waals surface area contributed by atoms with E-state index >= 15 is 0 Å². The van der Waals surface area contributed by atoms with Gasteiger partial charge in [0.15, 0.2) is 5.56 Å². The third kappa shape index (κ3) is 5.01. The lowest BCUT2D eigenvalue weighted by molar-refractivity contribution is -0.144. The third-order valence-corrected chi connectivity index (χ3v) is 1.69. The van der Waals surface area contributed by atoms with Gasteiger partial charge in [-0.05, 0) is 6.42 Å². The van der Waals surface area contributed by atoms with E-state index in [1.807, 2.05) is 0 Å². The fraction of sp³-hybridized carbons (Fsp3) is 0.800. The molecule has 0 saturated carbocycles. The van der Waals surface area contributed by atoms with Gasteiger partial charge in [-0.3, -0.25) is 0 Å². The molecule has 0 amide bonds. The van der Waals surface area contributed by atoms with Gasteiger partial charge in [0.25, 0.3) is 3.67 Å². The Morgan fingerprint density at radius 1 is 1.73 bits per heavy atom. The zero-order valence-corrected chi connectivity index (χ0v) is 8.84. The monoisotopic (exact) mass is 236 g/mol. The van der Waals surface area contributed by atoms with Gasteiger partial charge >= 0.3 is 5.97 Å². The molecule has 6 heteroatoms. The Balaban J connectivity index is 3.88. The molecule has 0 radical (unpaired) electrons. The standard InChI is InChI=1S/C5H7Cl3O2S/c1-2-3(6)10-4(9)5(7,8)11/h3,11H,2H2,1H3. The van der Waals surface area contributed by atoms with Crippen molar-refractivity contribution in [1.82, 2.24) is 0 Å². The molecule has 0 bridgehead atoms. The van der Waals surface area contributed by atoms with Crippen molar-refractivity contribution in [3.8, 4) is 0 Å². The maximum atomic E-state index is 10.8.